The fourth-order valence-corrected chi connectivity index (χ4v) is 2.37. The molecule has 1 heterocycles. The molecule has 100 valence electrons. The van der Waals surface area contributed by atoms with Gasteiger partial charge in [-0.2, -0.15) is 0 Å². The summed E-state index contributed by atoms with van der Waals surface area (Å²) in [5.41, 5.74) is 0.786. The van der Waals surface area contributed by atoms with Gasteiger partial charge in [-0.3, -0.25) is 4.90 Å². The van der Waals surface area contributed by atoms with Crippen LogP contribution in [0, 0.1) is 5.82 Å². The molecule has 1 aromatic rings. The Bertz CT molecular complexity index is 378. The number of halogens is 2. The molecular weight excluding hydrogens is 251 g/mol. The molecule has 1 saturated heterocycles. The maximum Gasteiger partial charge on any atom is 0.127 e. The predicted molar refractivity (Wildman–Crippen MR) is 75.6 cm³/mol. The molecule has 2 nitrogen and oxygen atoms in total. The Morgan fingerprint density at radius 1 is 1.33 bits per heavy atom. The van der Waals surface area contributed by atoms with Crippen molar-refractivity contribution in [2.75, 3.05) is 26.2 Å². The number of benzene rings is 1. The molecule has 1 atom stereocenters. The number of piperazine rings is 1. The van der Waals surface area contributed by atoms with Crippen LogP contribution < -0.4 is 5.32 Å². The van der Waals surface area contributed by atoms with E-state index in [1.165, 1.54) is 6.07 Å². The van der Waals surface area contributed by atoms with Crippen LogP contribution in [0.25, 0.3) is 0 Å². The van der Waals surface area contributed by atoms with Gasteiger partial charge in [-0.05, 0) is 12.5 Å². The van der Waals surface area contributed by atoms with Gasteiger partial charge < -0.3 is 5.32 Å². The highest BCUT2D eigenvalue weighted by Gasteiger charge is 2.22. The smallest absolute Gasteiger partial charge is 0.127 e. The van der Waals surface area contributed by atoms with Crippen molar-refractivity contribution in [3.8, 4) is 0 Å². The van der Waals surface area contributed by atoms with Crippen LogP contribution in [0.15, 0.2) is 36.9 Å². The van der Waals surface area contributed by atoms with Crippen molar-refractivity contribution in [3.63, 3.8) is 0 Å². The van der Waals surface area contributed by atoms with Gasteiger partial charge in [0.15, 0.2) is 0 Å². The van der Waals surface area contributed by atoms with Crippen LogP contribution in [-0.4, -0.2) is 31.1 Å². The standard InChI is InChI=1S/C14H19FN2.ClH/c1-2-5-14(17-10-8-16-9-11-17)12-6-3-4-7-13(12)15;/h2-4,6-7,14,16H,1,5,8-11H2;1H/t14-;/m1./s1. The average molecular weight is 271 g/mol. The number of rotatable bonds is 4. The fourth-order valence-electron chi connectivity index (χ4n) is 2.37. The fraction of sp³-hybridized carbons (Fsp3) is 0.429. The van der Waals surface area contributed by atoms with Crippen LogP contribution in [0.5, 0.6) is 0 Å². The summed E-state index contributed by atoms with van der Waals surface area (Å²) in [4.78, 5) is 2.33. The first-order valence-corrected chi connectivity index (χ1v) is 6.13. The molecule has 1 aliphatic heterocycles. The van der Waals surface area contributed by atoms with Crippen molar-refractivity contribution < 1.29 is 4.39 Å². The summed E-state index contributed by atoms with van der Waals surface area (Å²) in [5.74, 6) is -0.113. The Balaban J connectivity index is 0.00000162. The summed E-state index contributed by atoms with van der Waals surface area (Å²) in [7, 11) is 0. The van der Waals surface area contributed by atoms with Crippen molar-refractivity contribution in [2.45, 2.75) is 12.5 Å². The molecular formula is C14H20ClFN2. The first-order chi connectivity index (χ1) is 8.33. The van der Waals surface area contributed by atoms with Gasteiger partial charge in [-0.25, -0.2) is 4.39 Å². The summed E-state index contributed by atoms with van der Waals surface area (Å²) in [6, 6.07) is 7.17. The van der Waals surface area contributed by atoms with Gasteiger partial charge in [0.05, 0.1) is 0 Å². The molecule has 1 fully saturated rings. The summed E-state index contributed by atoms with van der Waals surface area (Å²) in [6.07, 6.45) is 2.67. The zero-order chi connectivity index (χ0) is 12.1. The van der Waals surface area contributed by atoms with Crippen molar-refractivity contribution in [2.24, 2.45) is 0 Å². The molecule has 0 radical (unpaired) electrons. The van der Waals surface area contributed by atoms with Crippen LogP contribution >= 0.6 is 12.4 Å². The van der Waals surface area contributed by atoms with Crippen LogP contribution in [0.2, 0.25) is 0 Å². The molecule has 0 spiro atoms. The van der Waals surface area contributed by atoms with Crippen LogP contribution in [0.4, 0.5) is 4.39 Å². The Hall–Kier alpha value is -0.900. The molecule has 0 aliphatic carbocycles. The van der Waals surface area contributed by atoms with Gasteiger partial charge in [0.1, 0.15) is 5.82 Å². The summed E-state index contributed by atoms with van der Waals surface area (Å²) >= 11 is 0. The van der Waals surface area contributed by atoms with E-state index in [2.05, 4.69) is 16.8 Å². The van der Waals surface area contributed by atoms with Crippen molar-refractivity contribution >= 4 is 12.4 Å². The second kappa shape index (κ2) is 7.52. The molecule has 1 aromatic carbocycles. The average Bonchev–Trinajstić information content (AvgIpc) is 2.38. The second-order valence-electron chi connectivity index (χ2n) is 4.35. The molecule has 18 heavy (non-hydrogen) atoms. The predicted octanol–water partition coefficient (Wildman–Crippen LogP) is 2.77. The first kappa shape index (κ1) is 15.2. The van der Waals surface area contributed by atoms with Gasteiger partial charge in [0.25, 0.3) is 0 Å². The Labute approximate surface area is 114 Å². The molecule has 0 unspecified atom stereocenters. The SMILES string of the molecule is C=CC[C@H](c1ccccc1F)N1CCNCC1.Cl. The van der Waals surface area contributed by atoms with Crippen LogP contribution in [0.3, 0.4) is 0 Å². The summed E-state index contributed by atoms with van der Waals surface area (Å²) in [6.45, 7) is 7.66. The molecule has 4 heteroatoms. The number of nitrogens with one attached hydrogen (secondary N) is 1. The zero-order valence-corrected chi connectivity index (χ0v) is 11.3. The summed E-state index contributed by atoms with van der Waals surface area (Å²) in [5, 5.41) is 3.32. The van der Waals surface area contributed by atoms with Crippen molar-refractivity contribution in [1.29, 1.82) is 0 Å². The molecule has 0 bridgehead atoms. The number of hydrogen-bond donors (Lipinski definition) is 1. The Morgan fingerprint density at radius 3 is 2.61 bits per heavy atom. The maximum atomic E-state index is 13.8. The minimum Gasteiger partial charge on any atom is -0.314 e. The van der Waals surface area contributed by atoms with Gasteiger partial charge in [0.2, 0.25) is 0 Å². The van der Waals surface area contributed by atoms with Crippen LogP contribution in [0.1, 0.15) is 18.0 Å². The lowest BCUT2D eigenvalue weighted by Gasteiger charge is -2.34. The Kier molecular flexibility index (Phi) is 6.33. The molecule has 2 rings (SSSR count). The molecule has 0 saturated carbocycles. The van der Waals surface area contributed by atoms with E-state index in [4.69, 9.17) is 0 Å². The second-order valence-corrected chi connectivity index (χ2v) is 4.35. The minimum atomic E-state index is -0.113. The van der Waals surface area contributed by atoms with Gasteiger partial charge in [-0.15, -0.1) is 19.0 Å². The highest BCUT2D eigenvalue weighted by molar-refractivity contribution is 5.85. The largest absolute Gasteiger partial charge is 0.314 e. The van der Waals surface area contributed by atoms with Crippen molar-refractivity contribution in [1.82, 2.24) is 10.2 Å². The summed E-state index contributed by atoms with van der Waals surface area (Å²) < 4.78 is 13.8. The monoisotopic (exact) mass is 270 g/mol. The van der Waals surface area contributed by atoms with E-state index < -0.39 is 0 Å². The third-order valence-corrected chi connectivity index (χ3v) is 3.25. The highest BCUT2D eigenvalue weighted by atomic mass is 35.5. The third kappa shape index (κ3) is 3.55. The Morgan fingerprint density at radius 2 is 2.00 bits per heavy atom. The normalized spacial score (nSPS) is 17.8. The lowest BCUT2D eigenvalue weighted by Crippen LogP contribution is -2.45. The van der Waals surface area contributed by atoms with E-state index in [-0.39, 0.29) is 24.3 Å². The number of nitrogens with zero attached hydrogens (tertiary/aromatic N) is 1. The quantitative estimate of drug-likeness (QED) is 0.847. The molecule has 1 aliphatic rings. The van der Waals surface area contributed by atoms with E-state index in [1.54, 1.807) is 6.07 Å². The topological polar surface area (TPSA) is 15.3 Å². The van der Waals surface area contributed by atoms with Crippen molar-refractivity contribution in [3.05, 3.63) is 48.3 Å². The van der Waals surface area contributed by atoms with Crippen LogP contribution in [-0.2, 0) is 0 Å². The molecule has 0 aromatic heterocycles. The minimum absolute atomic E-state index is 0. The van der Waals surface area contributed by atoms with E-state index in [9.17, 15) is 4.39 Å². The molecule has 1 N–H and O–H groups in total. The van der Waals surface area contributed by atoms with Gasteiger partial charge in [0, 0.05) is 37.8 Å². The van der Waals surface area contributed by atoms with E-state index in [0.717, 1.165) is 38.2 Å². The highest BCUT2D eigenvalue weighted by Crippen LogP contribution is 2.26. The molecule has 0 amide bonds. The van der Waals surface area contributed by atoms with E-state index >= 15 is 0 Å². The first-order valence-electron chi connectivity index (χ1n) is 6.13. The van der Waals surface area contributed by atoms with Gasteiger partial charge >= 0.3 is 0 Å². The number of hydrogen-bond acceptors (Lipinski definition) is 2. The zero-order valence-electron chi connectivity index (χ0n) is 10.4. The lowest BCUT2D eigenvalue weighted by atomic mass is 10.0. The third-order valence-electron chi connectivity index (χ3n) is 3.25. The van der Waals surface area contributed by atoms with E-state index in [1.807, 2.05) is 18.2 Å². The lowest BCUT2D eigenvalue weighted by molar-refractivity contribution is 0.171. The van der Waals surface area contributed by atoms with E-state index in [0.29, 0.717) is 0 Å². The maximum absolute atomic E-state index is 13.8. The van der Waals surface area contributed by atoms with Gasteiger partial charge in [-0.1, -0.05) is 24.3 Å².